The van der Waals surface area contributed by atoms with Crippen LogP contribution in [0.2, 0.25) is 0 Å². The van der Waals surface area contributed by atoms with E-state index in [0.29, 0.717) is 5.92 Å². The third-order valence-corrected chi connectivity index (χ3v) is 3.03. The van der Waals surface area contributed by atoms with Gasteiger partial charge in [-0.2, -0.15) is 0 Å². The van der Waals surface area contributed by atoms with Crippen LogP contribution in [0.1, 0.15) is 19.4 Å². The zero-order valence-electron chi connectivity index (χ0n) is 11.2. The maximum atomic E-state index is 9.36. The number of anilines is 1. The quantitative estimate of drug-likeness (QED) is 0.898. The van der Waals surface area contributed by atoms with Crippen LogP contribution in [0.4, 0.5) is 5.82 Å². The number of aromatic nitrogens is 1. The summed E-state index contributed by atoms with van der Waals surface area (Å²) in [5, 5.41) is 11.5. The van der Waals surface area contributed by atoms with Crippen LogP contribution in [-0.4, -0.2) is 23.7 Å². The Kier molecular flexibility index (Phi) is 3.82. The largest absolute Gasteiger partial charge is 0.392 e. The van der Waals surface area contributed by atoms with E-state index in [-0.39, 0.29) is 6.61 Å². The highest BCUT2D eigenvalue weighted by Gasteiger charge is 2.11. The summed E-state index contributed by atoms with van der Waals surface area (Å²) in [7, 11) is 2.06. The summed E-state index contributed by atoms with van der Waals surface area (Å²) >= 11 is 0. The van der Waals surface area contributed by atoms with Gasteiger partial charge < -0.3 is 10.0 Å². The first-order valence-electron chi connectivity index (χ1n) is 6.32. The molecule has 1 aromatic carbocycles. The molecule has 2 aromatic rings. The lowest BCUT2D eigenvalue weighted by molar-refractivity contribution is 0.283. The van der Waals surface area contributed by atoms with Crippen molar-refractivity contribution >= 4 is 16.6 Å². The van der Waals surface area contributed by atoms with Gasteiger partial charge in [0.1, 0.15) is 5.82 Å². The second-order valence-electron chi connectivity index (χ2n) is 5.09. The van der Waals surface area contributed by atoms with Gasteiger partial charge in [-0.05, 0) is 11.3 Å². The van der Waals surface area contributed by atoms with Crippen LogP contribution >= 0.6 is 0 Å². The average molecular weight is 244 g/mol. The lowest BCUT2D eigenvalue weighted by atomic mass is 10.1. The molecular weight excluding hydrogens is 224 g/mol. The SMILES string of the molecule is CC(C)CN(C)c1ncc(CO)c2ccccc12. The van der Waals surface area contributed by atoms with Gasteiger partial charge in [-0.15, -0.1) is 0 Å². The van der Waals surface area contributed by atoms with Gasteiger partial charge in [-0.25, -0.2) is 4.98 Å². The molecule has 1 heterocycles. The number of rotatable bonds is 4. The van der Waals surface area contributed by atoms with E-state index in [1.165, 1.54) is 0 Å². The Morgan fingerprint density at radius 3 is 2.50 bits per heavy atom. The molecule has 1 aromatic heterocycles. The van der Waals surface area contributed by atoms with Crippen LogP contribution in [0.5, 0.6) is 0 Å². The number of pyridine rings is 1. The maximum absolute atomic E-state index is 9.36. The van der Waals surface area contributed by atoms with Gasteiger partial charge in [-0.1, -0.05) is 38.1 Å². The molecule has 0 atom stereocenters. The number of hydrogen-bond donors (Lipinski definition) is 1. The number of benzene rings is 1. The molecule has 96 valence electrons. The van der Waals surface area contributed by atoms with E-state index < -0.39 is 0 Å². The Bertz CT molecular complexity index is 537. The Balaban J connectivity index is 2.52. The number of nitrogens with zero attached hydrogens (tertiary/aromatic N) is 2. The molecule has 0 bridgehead atoms. The third-order valence-electron chi connectivity index (χ3n) is 3.03. The fourth-order valence-corrected chi connectivity index (χ4v) is 2.30. The predicted octanol–water partition coefficient (Wildman–Crippen LogP) is 2.82. The zero-order chi connectivity index (χ0) is 13.1. The smallest absolute Gasteiger partial charge is 0.136 e. The van der Waals surface area contributed by atoms with Crippen molar-refractivity contribution in [1.82, 2.24) is 4.98 Å². The van der Waals surface area contributed by atoms with E-state index in [1.54, 1.807) is 6.20 Å². The molecule has 18 heavy (non-hydrogen) atoms. The van der Waals surface area contributed by atoms with Gasteiger partial charge in [-0.3, -0.25) is 0 Å². The molecule has 3 nitrogen and oxygen atoms in total. The fraction of sp³-hybridized carbons (Fsp3) is 0.400. The molecule has 0 aliphatic heterocycles. The van der Waals surface area contributed by atoms with Crippen molar-refractivity contribution in [3.8, 4) is 0 Å². The second-order valence-corrected chi connectivity index (χ2v) is 5.09. The Hall–Kier alpha value is -1.61. The summed E-state index contributed by atoms with van der Waals surface area (Å²) in [6.45, 7) is 5.39. The van der Waals surface area contributed by atoms with Crippen molar-refractivity contribution in [2.45, 2.75) is 20.5 Å². The predicted molar refractivity (Wildman–Crippen MR) is 75.8 cm³/mol. The lowest BCUT2D eigenvalue weighted by Gasteiger charge is -2.22. The van der Waals surface area contributed by atoms with Gasteiger partial charge in [0.05, 0.1) is 6.61 Å². The number of hydrogen-bond acceptors (Lipinski definition) is 3. The minimum Gasteiger partial charge on any atom is -0.392 e. The van der Waals surface area contributed by atoms with Gasteiger partial charge >= 0.3 is 0 Å². The molecule has 0 fully saturated rings. The number of fused-ring (bicyclic) bond motifs is 1. The molecule has 0 amide bonds. The monoisotopic (exact) mass is 244 g/mol. The van der Waals surface area contributed by atoms with E-state index in [0.717, 1.165) is 28.7 Å². The summed E-state index contributed by atoms with van der Waals surface area (Å²) < 4.78 is 0. The fourth-order valence-electron chi connectivity index (χ4n) is 2.30. The van der Waals surface area contributed by atoms with Crippen molar-refractivity contribution in [3.63, 3.8) is 0 Å². The molecule has 0 aliphatic rings. The molecule has 2 rings (SSSR count). The average Bonchev–Trinajstić information content (AvgIpc) is 2.36. The summed E-state index contributed by atoms with van der Waals surface area (Å²) in [5.41, 5.74) is 0.882. The highest BCUT2D eigenvalue weighted by atomic mass is 16.3. The normalized spacial score (nSPS) is 11.2. The Morgan fingerprint density at radius 1 is 1.22 bits per heavy atom. The van der Waals surface area contributed by atoms with Crippen LogP contribution in [-0.2, 0) is 6.61 Å². The topological polar surface area (TPSA) is 36.4 Å². The molecule has 3 heteroatoms. The van der Waals surface area contributed by atoms with Crippen molar-refractivity contribution in [1.29, 1.82) is 0 Å². The molecule has 1 N–H and O–H groups in total. The first-order chi connectivity index (χ1) is 8.63. The molecule has 0 saturated carbocycles. The number of aliphatic hydroxyl groups excluding tert-OH is 1. The molecule has 0 unspecified atom stereocenters. The van der Waals surface area contributed by atoms with E-state index in [9.17, 15) is 5.11 Å². The van der Waals surface area contributed by atoms with Crippen molar-refractivity contribution < 1.29 is 5.11 Å². The summed E-state index contributed by atoms with van der Waals surface area (Å²) in [5.74, 6) is 1.57. The van der Waals surface area contributed by atoms with Crippen LogP contribution in [0.15, 0.2) is 30.5 Å². The summed E-state index contributed by atoms with van der Waals surface area (Å²) in [6, 6.07) is 8.11. The molecular formula is C15H20N2O. The van der Waals surface area contributed by atoms with Gasteiger partial charge in [0.15, 0.2) is 0 Å². The minimum absolute atomic E-state index is 0.0295. The van der Waals surface area contributed by atoms with E-state index in [4.69, 9.17) is 0 Å². The summed E-state index contributed by atoms with van der Waals surface area (Å²) in [6.07, 6.45) is 1.77. The van der Waals surface area contributed by atoms with Gasteiger partial charge in [0, 0.05) is 30.7 Å². The first-order valence-corrected chi connectivity index (χ1v) is 6.32. The van der Waals surface area contributed by atoms with Crippen LogP contribution in [0, 0.1) is 5.92 Å². The second kappa shape index (κ2) is 5.36. The lowest BCUT2D eigenvalue weighted by Crippen LogP contribution is -2.23. The third kappa shape index (κ3) is 2.46. The Labute approximate surface area is 108 Å². The highest BCUT2D eigenvalue weighted by Crippen LogP contribution is 2.26. The maximum Gasteiger partial charge on any atom is 0.136 e. The van der Waals surface area contributed by atoms with E-state index in [2.05, 4.69) is 36.8 Å². The van der Waals surface area contributed by atoms with Gasteiger partial charge in [0.25, 0.3) is 0 Å². The van der Waals surface area contributed by atoms with Crippen molar-refractivity contribution in [2.75, 3.05) is 18.5 Å². The van der Waals surface area contributed by atoms with Crippen LogP contribution < -0.4 is 4.90 Å². The molecule has 0 radical (unpaired) electrons. The standard InChI is InChI=1S/C15H20N2O/c1-11(2)9-17(3)15-14-7-5-4-6-13(14)12(10-18)8-16-15/h4-8,11,18H,9-10H2,1-3H3. The molecule has 0 spiro atoms. The van der Waals surface area contributed by atoms with Crippen molar-refractivity contribution in [3.05, 3.63) is 36.0 Å². The van der Waals surface area contributed by atoms with Crippen LogP contribution in [0.25, 0.3) is 10.8 Å². The van der Waals surface area contributed by atoms with E-state index in [1.807, 2.05) is 18.2 Å². The van der Waals surface area contributed by atoms with Crippen molar-refractivity contribution in [2.24, 2.45) is 5.92 Å². The summed E-state index contributed by atoms with van der Waals surface area (Å²) in [4.78, 5) is 6.67. The zero-order valence-corrected chi connectivity index (χ0v) is 11.2. The first kappa shape index (κ1) is 12.8. The molecule has 0 saturated heterocycles. The highest BCUT2D eigenvalue weighted by molar-refractivity contribution is 5.94. The molecule has 0 aliphatic carbocycles. The van der Waals surface area contributed by atoms with Gasteiger partial charge in [0.2, 0.25) is 0 Å². The number of aliphatic hydroxyl groups is 1. The van der Waals surface area contributed by atoms with Crippen LogP contribution in [0.3, 0.4) is 0 Å². The minimum atomic E-state index is 0.0295. The Morgan fingerprint density at radius 2 is 1.89 bits per heavy atom. The van der Waals surface area contributed by atoms with E-state index >= 15 is 0 Å².